The number of hydrogen-bond acceptors (Lipinski definition) is 3. The normalized spacial score (nSPS) is 21.8. The van der Waals surface area contributed by atoms with E-state index in [0.717, 1.165) is 21.3 Å². The second kappa shape index (κ2) is 8.69. The summed E-state index contributed by atoms with van der Waals surface area (Å²) in [7, 11) is 3.97. The molecule has 0 atom stereocenters. The number of fused-ring (bicyclic) bond motifs is 4. The van der Waals surface area contributed by atoms with Crippen LogP contribution in [0.2, 0.25) is 0 Å². The van der Waals surface area contributed by atoms with Crippen LogP contribution in [0.4, 0.5) is 11.4 Å². The van der Waals surface area contributed by atoms with Crippen molar-refractivity contribution in [3.63, 3.8) is 0 Å². The fourth-order valence-electron chi connectivity index (χ4n) is 5.40. The van der Waals surface area contributed by atoms with Crippen LogP contribution < -0.4 is 9.36 Å². The number of nitrogens with zero attached hydrogens (tertiary/aromatic N) is 3. The molecule has 4 nitrogen and oxygen atoms in total. The zero-order valence-corrected chi connectivity index (χ0v) is 24.2. The fraction of sp³-hybridized carbons (Fsp3) is 0.194. The molecule has 0 unspecified atom stereocenters. The molecule has 0 N–H and O–H groups in total. The number of amides is 1. The monoisotopic (exact) mass is 571 g/mol. The summed E-state index contributed by atoms with van der Waals surface area (Å²) in [6, 6.07) is 19.5. The van der Waals surface area contributed by atoms with Crippen LogP contribution in [0.5, 0.6) is 0 Å². The average molecular weight is 571 g/mol. The Morgan fingerprint density at radius 3 is 2.68 bits per heavy atom. The number of carbonyl (C=O) groups is 1. The summed E-state index contributed by atoms with van der Waals surface area (Å²) in [4.78, 5) is 16.2. The number of benzene rings is 3. The number of anilines is 1. The maximum atomic E-state index is 13.2. The van der Waals surface area contributed by atoms with E-state index in [4.69, 9.17) is 0 Å². The Morgan fingerprint density at radius 2 is 1.86 bits per heavy atom. The summed E-state index contributed by atoms with van der Waals surface area (Å²) in [6.45, 7) is 11.0. The summed E-state index contributed by atoms with van der Waals surface area (Å²) in [6.07, 6.45) is 6.25. The topological polar surface area (TPSA) is 26.3 Å². The van der Waals surface area contributed by atoms with E-state index in [-0.39, 0.29) is 26.3 Å². The van der Waals surface area contributed by atoms with E-state index in [9.17, 15) is 4.79 Å². The standard InChI is InChI=1S/C31H29N3OSSe/c1-19-11-15-25-23(17-19)33(5)28(37-25)16-14-24-30(35)34(6)27(36-24)18-26-31(2,3)29-21-10-8-7-9-20(21)12-13-22(29)32(26)4/h7-18H,4H2,1-3,5-6H3/q+2. The molecule has 6 heteroatoms. The van der Waals surface area contributed by atoms with Gasteiger partial charge in [-0.2, -0.15) is 0 Å². The van der Waals surface area contributed by atoms with Gasteiger partial charge in [-0.05, 0) is 0 Å². The molecular formula is C31H29N3OSSe+2. The number of likely N-dealkylation sites (N-methyl/N-ethyl adjacent to an activating group) is 1. The quantitative estimate of drug-likeness (QED) is 0.241. The second-order valence-electron chi connectivity index (χ2n) is 10.2. The zero-order valence-electron chi connectivity index (χ0n) is 21.7. The van der Waals surface area contributed by atoms with Crippen LogP contribution in [-0.2, 0) is 10.2 Å². The van der Waals surface area contributed by atoms with Crippen LogP contribution in [0.25, 0.3) is 10.8 Å². The summed E-state index contributed by atoms with van der Waals surface area (Å²) in [5, 5.41) is 3.41. The Labute approximate surface area is 228 Å². The third-order valence-corrected chi connectivity index (χ3v) is 11.1. The van der Waals surface area contributed by atoms with Gasteiger partial charge in [0.05, 0.1) is 0 Å². The van der Waals surface area contributed by atoms with Gasteiger partial charge >= 0.3 is 211 Å². The number of thioether (sulfide) groups is 1. The Bertz CT molecular complexity index is 1670. The van der Waals surface area contributed by atoms with Gasteiger partial charge in [-0.1, -0.05) is 18.2 Å². The van der Waals surface area contributed by atoms with Crippen LogP contribution in [-0.4, -0.2) is 55.9 Å². The maximum absolute atomic E-state index is 13.2. The molecule has 3 aromatic rings. The first-order valence-electron chi connectivity index (χ1n) is 12.3. The van der Waals surface area contributed by atoms with Gasteiger partial charge in [0.1, 0.15) is 0 Å². The first-order valence-corrected chi connectivity index (χ1v) is 14.8. The molecule has 0 bridgehead atoms. The van der Waals surface area contributed by atoms with E-state index in [1.807, 2.05) is 17.7 Å². The molecule has 0 radical (unpaired) electrons. The fourth-order valence-corrected chi connectivity index (χ4v) is 8.55. The van der Waals surface area contributed by atoms with Crippen molar-refractivity contribution >= 4 is 71.0 Å². The van der Waals surface area contributed by atoms with Gasteiger partial charge in [0.2, 0.25) is 0 Å². The van der Waals surface area contributed by atoms with E-state index in [1.165, 1.54) is 48.4 Å². The number of aryl methyl sites for hydroxylation is 1. The molecule has 0 fully saturated rings. The van der Waals surface area contributed by atoms with Crippen LogP contribution in [0.3, 0.4) is 0 Å². The Hall–Kier alpha value is -3.18. The molecule has 184 valence electrons. The van der Waals surface area contributed by atoms with Crippen LogP contribution in [0, 0.1) is 6.92 Å². The van der Waals surface area contributed by atoms with Crippen molar-refractivity contribution in [2.24, 2.45) is 0 Å². The molecule has 3 aliphatic heterocycles. The van der Waals surface area contributed by atoms with Crippen molar-refractivity contribution in [1.82, 2.24) is 0 Å². The molecule has 37 heavy (non-hydrogen) atoms. The second-order valence-corrected chi connectivity index (χ2v) is 13.5. The van der Waals surface area contributed by atoms with E-state index in [1.54, 1.807) is 4.58 Å². The van der Waals surface area contributed by atoms with Gasteiger partial charge in [0.15, 0.2) is 0 Å². The predicted octanol–water partition coefficient (Wildman–Crippen LogP) is 5.19. The van der Waals surface area contributed by atoms with Gasteiger partial charge in [0, 0.05) is 0 Å². The molecule has 0 saturated heterocycles. The number of carbonyl (C=O) groups excluding carboxylic acids is 1. The van der Waals surface area contributed by atoms with Crippen molar-refractivity contribution in [3.8, 4) is 0 Å². The molecule has 3 heterocycles. The summed E-state index contributed by atoms with van der Waals surface area (Å²) in [5.74, 6) is 0.0320. The Morgan fingerprint density at radius 1 is 1.08 bits per heavy atom. The molecule has 6 rings (SSSR count). The molecule has 0 aromatic heterocycles. The third kappa shape index (κ3) is 3.78. The minimum absolute atomic E-state index is 0.0320. The number of allylic oxidation sites excluding steroid dienone is 3. The van der Waals surface area contributed by atoms with Crippen molar-refractivity contribution in [2.75, 3.05) is 19.0 Å². The van der Waals surface area contributed by atoms with Gasteiger partial charge in [-0.15, -0.1) is 0 Å². The van der Waals surface area contributed by atoms with E-state index < -0.39 is 0 Å². The average Bonchev–Trinajstić information content (AvgIpc) is 3.41. The molecule has 3 aromatic carbocycles. The number of rotatable bonds is 2. The van der Waals surface area contributed by atoms with E-state index in [0.29, 0.717) is 0 Å². The van der Waals surface area contributed by atoms with Gasteiger partial charge < -0.3 is 0 Å². The zero-order chi connectivity index (χ0) is 26.1. The Kier molecular flexibility index (Phi) is 5.68. The molecule has 1 amide bonds. The van der Waals surface area contributed by atoms with Crippen molar-refractivity contribution < 1.29 is 13.9 Å². The van der Waals surface area contributed by atoms with Crippen LogP contribution in [0.1, 0.15) is 25.0 Å². The van der Waals surface area contributed by atoms with Crippen LogP contribution in [0.15, 0.2) is 88.0 Å². The van der Waals surface area contributed by atoms with Crippen molar-refractivity contribution in [3.05, 3.63) is 99.1 Å². The SMILES string of the molecule is C=[N+]1C(=CC2=[N+](C)C(=O)C(=CC=C3[Se]c4ccc(C)cc4N3C)S2)C(C)(C)c2c1ccc1ccccc21. The van der Waals surface area contributed by atoms with Gasteiger partial charge in [0.25, 0.3) is 0 Å². The summed E-state index contributed by atoms with van der Waals surface area (Å²) < 4.78 is 6.43. The summed E-state index contributed by atoms with van der Waals surface area (Å²) >= 11 is 1.77. The van der Waals surface area contributed by atoms with Crippen LogP contribution >= 0.6 is 11.8 Å². The molecule has 0 aliphatic carbocycles. The van der Waals surface area contributed by atoms with Crippen molar-refractivity contribution in [1.29, 1.82) is 0 Å². The first kappa shape index (κ1) is 24.2. The molecule has 0 spiro atoms. The minimum atomic E-state index is -0.247. The molecule has 3 aliphatic rings. The number of hydrogen-bond donors (Lipinski definition) is 0. The third-order valence-electron chi connectivity index (χ3n) is 7.47. The Balaban J connectivity index is 1.32. The van der Waals surface area contributed by atoms with E-state index >= 15 is 0 Å². The molecular weight excluding hydrogens is 541 g/mol. The molecule has 0 saturated carbocycles. The first-order chi connectivity index (χ1) is 17.7. The van der Waals surface area contributed by atoms with Gasteiger partial charge in [-0.3, -0.25) is 0 Å². The summed E-state index contributed by atoms with van der Waals surface area (Å²) in [5.41, 5.74) is 5.78. The van der Waals surface area contributed by atoms with E-state index in [2.05, 4.69) is 106 Å². The van der Waals surface area contributed by atoms with Crippen molar-refractivity contribution in [2.45, 2.75) is 26.2 Å². The van der Waals surface area contributed by atoms with Gasteiger partial charge in [-0.25, -0.2) is 0 Å². The predicted molar refractivity (Wildman–Crippen MR) is 157 cm³/mol.